The lowest BCUT2D eigenvalue weighted by molar-refractivity contribution is 0.0697. The number of rotatable bonds is 4. The highest BCUT2D eigenvalue weighted by molar-refractivity contribution is 6.32. The summed E-state index contributed by atoms with van der Waals surface area (Å²) in [5, 5.41) is 11.6. The first-order valence-corrected chi connectivity index (χ1v) is 3.80. The Morgan fingerprint density at radius 1 is 1.46 bits per heavy atom. The predicted molar refractivity (Wildman–Crippen MR) is 51.2 cm³/mol. The van der Waals surface area contributed by atoms with Gasteiger partial charge in [0.15, 0.2) is 0 Å². The van der Waals surface area contributed by atoms with Crippen molar-refractivity contribution in [3.63, 3.8) is 0 Å². The Morgan fingerprint density at radius 3 is 2.54 bits per heavy atom. The second-order valence-electron chi connectivity index (χ2n) is 2.49. The molecule has 68 valence electrons. The van der Waals surface area contributed by atoms with Crippen LogP contribution in [0.2, 0.25) is 0 Å². The molecule has 0 amide bonds. The summed E-state index contributed by atoms with van der Waals surface area (Å²) in [6.07, 6.45) is 0. The molecular weight excluding hydrogens is 169 g/mol. The lowest BCUT2D eigenvalue weighted by Crippen LogP contribution is -2.08. The molecule has 4 nitrogen and oxygen atoms in total. The van der Waals surface area contributed by atoms with Crippen LogP contribution in [0.4, 0.5) is 5.69 Å². The topological polar surface area (TPSA) is 58.6 Å². The summed E-state index contributed by atoms with van der Waals surface area (Å²) >= 11 is 0. The number of anilines is 1. The van der Waals surface area contributed by atoms with Crippen LogP contribution >= 0.6 is 0 Å². The molecule has 1 aromatic rings. The number of hydrogen-bond acceptors (Lipinski definition) is 3. The van der Waals surface area contributed by atoms with Crippen LogP contribution in [0.15, 0.2) is 24.3 Å². The van der Waals surface area contributed by atoms with Gasteiger partial charge in [0.25, 0.3) is 0 Å². The Bertz CT molecular complexity index is 286. The molecule has 0 saturated carbocycles. The maximum absolute atomic E-state index is 10.5. The van der Waals surface area contributed by atoms with Crippen LogP contribution in [0.1, 0.15) is 10.4 Å². The lowest BCUT2D eigenvalue weighted by atomic mass is 10.1. The summed E-state index contributed by atoms with van der Waals surface area (Å²) in [6, 6.07) is 6.48. The average Bonchev–Trinajstić information content (AvgIpc) is 2.15. The Balaban J connectivity index is 2.64. The van der Waals surface area contributed by atoms with Crippen LogP contribution < -0.4 is 5.23 Å². The number of benzene rings is 1. The Kier molecular flexibility index (Phi) is 3.34. The summed E-state index contributed by atoms with van der Waals surface area (Å²) < 4.78 is 4.80. The van der Waals surface area contributed by atoms with E-state index >= 15 is 0 Å². The third-order valence-electron chi connectivity index (χ3n) is 1.55. The second-order valence-corrected chi connectivity index (χ2v) is 2.49. The molecule has 0 bridgehead atoms. The van der Waals surface area contributed by atoms with Gasteiger partial charge in [-0.15, -0.1) is 0 Å². The molecule has 0 aliphatic heterocycles. The molecule has 5 heteroatoms. The highest BCUT2D eigenvalue weighted by Gasteiger charge is 2.00. The van der Waals surface area contributed by atoms with Gasteiger partial charge in [0.2, 0.25) is 0 Å². The Labute approximate surface area is 76.8 Å². The molecule has 0 saturated heterocycles. The molecular formula is C8H10BNO3. The second kappa shape index (κ2) is 4.52. The summed E-state index contributed by atoms with van der Waals surface area (Å²) in [7, 11) is 1.99. The van der Waals surface area contributed by atoms with Crippen LogP contribution in [0.3, 0.4) is 0 Å². The number of carboxylic acid groups (broad SMARTS) is 1. The van der Waals surface area contributed by atoms with Gasteiger partial charge < -0.3 is 15.0 Å². The van der Waals surface area contributed by atoms with Gasteiger partial charge in [-0.25, -0.2) is 4.79 Å². The Hall–Kier alpha value is -1.49. The molecule has 0 heterocycles. The molecule has 0 atom stereocenters. The largest absolute Gasteiger partial charge is 0.478 e. The molecule has 1 rings (SSSR count). The molecule has 0 aromatic heterocycles. The number of hydrogen-bond donors (Lipinski definition) is 2. The van der Waals surface area contributed by atoms with Crippen LogP contribution in [-0.4, -0.2) is 25.8 Å². The molecule has 0 aliphatic rings. The van der Waals surface area contributed by atoms with Gasteiger partial charge >= 0.3 is 13.6 Å². The molecule has 0 spiro atoms. The molecule has 0 aliphatic carbocycles. The van der Waals surface area contributed by atoms with E-state index in [1.54, 1.807) is 31.4 Å². The monoisotopic (exact) mass is 179 g/mol. The average molecular weight is 179 g/mol. The van der Waals surface area contributed by atoms with Crippen LogP contribution in [0.25, 0.3) is 0 Å². The van der Waals surface area contributed by atoms with Crippen molar-refractivity contribution in [2.24, 2.45) is 0 Å². The van der Waals surface area contributed by atoms with E-state index in [0.29, 0.717) is 7.62 Å². The number of carboxylic acids is 1. The van der Waals surface area contributed by atoms with E-state index < -0.39 is 5.97 Å². The van der Waals surface area contributed by atoms with Crippen LogP contribution in [-0.2, 0) is 4.65 Å². The van der Waals surface area contributed by atoms with Crippen LogP contribution in [0.5, 0.6) is 0 Å². The smallest absolute Gasteiger partial charge is 0.393 e. The van der Waals surface area contributed by atoms with Gasteiger partial charge in [-0.2, -0.15) is 0 Å². The normalized spacial score (nSPS) is 9.31. The van der Waals surface area contributed by atoms with Gasteiger partial charge in [0.1, 0.15) is 0 Å². The van der Waals surface area contributed by atoms with E-state index in [9.17, 15) is 4.79 Å². The zero-order valence-corrected chi connectivity index (χ0v) is 7.28. The van der Waals surface area contributed by atoms with Crippen molar-refractivity contribution < 1.29 is 14.6 Å². The fourth-order valence-corrected chi connectivity index (χ4v) is 0.886. The standard InChI is InChI=1S/C8H10BNO3/c1-13-9-10-7-4-2-6(3-5-7)8(11)12/h2-5,9-10H,1H3,(H,11,12). The quantitative estimate of drug-likeness (QED) is 0.668. The summed E-state index contributed by atoms with van der Waals surface area (Å²) in [5.74, 6) is -0.918. The van der Waals surface area contributed by atoms with E-state index in [1.165, 1.54) is 0 Å². The van der Waals surface area contributed by atoms with Gasteiger partial charge in [-0.1, -0.05) is 0 Å². The number of nitrogens with one attached hydrogen (secondary N) is 1. The van der Waals surface area contributed by atoms with Gasteiger partial charge in [-0.3, -0.25) is 0 Å². The predicted octanol–water partition coefficient (Wildman–Crippen LogP) is 0.710. The van der Waals surface area contributed by atoms with Crippen molar-refractivity contribution in [2.75, 3.05) is 12.3 Å². The molecule has 1 aromatic carbocycles. The molecule has 13 heavy (non-hydrogen) atoms. The van der Waals surface area contributed by atoms with Crippen molar-refractivity contribution in [3.05, 3.63) is 29.8 Å². The third-order valence-corrected chi connectivity index (χ3v) is 1.55. The van der Waals surface area contributed by atoms with Gasteiger partial charge in [0, 0.05) is 12.8 Å². The summed E-state index contributed by atoms with van der Waals surface area (Å²) in [5.41, 5.74) is 1.12. The van der Waals surface area contributed by atoms with E-state index in [1.807, 2.05) is 0 Å². The van der Waals surface area contributed by atoms with E-state index in [2.05, 4.69) is 5.23 Å². The highest BCUT2D eigenvalue weighted by atomic mass is 16.4. The first-order valence-electron chi connectivity index (χ1n) is 3.80. The molecule has 0 fully saturated rings. The fourth-order valence-electron chi connectivity index (χ4n) is 0.886. The minimum Gasteiger partial charge on any atom is -0.478 e. The zero-order chi connectivity index (χ0) is 9.68. The summed E-state index contributed by atoms with van der Waals surface area (Å²) in [4.78, 5) is 10.5. The first kappa shape index (κ1) is 9.60. The fraction of sp³-hybridized carbons (Fsp3) is 0.125. The third kappa shape index (κ3) is 2.80. The van der Waals surface area contributed by atoms with Crippen molar-refractivity contribution in [2.45, 2.75) is 0 Å². The lowest BCUT2D eigenvalue weighted by Gasteiger charge is -2.02. The number of aromatic carboxylic acids is 1. The van der Waals surface area contributed by atoms with E-state index in [-0.39, 0.29) is 5.56 Å². The van der Waals surface area contributed by atoms with E-state index in [0.717, 1.165) is 5.69 Å². The van der Waals surface area contributed by atoms with E-state index in [4.69, 9.17) is 9.76 Å². The van der Waals surface area contributed by atoms with Crippen molar-refractivity contribution in [3.8, 4) is 0 Å². The van der Waals surface area contributed by atoms with Gasteiger partial charge in [0.05, 0.1) is 5.56 Å². The van der Waals surface area contributed by atoms with Gasteiger partial charge in [-0.05, 0) is 24.3 Å². The van der Waals surface area contributed by atoms with Crippen LogP contribution in [0, 0.1) is 0 Å². The van der Waals surface area contributed by atoms with Crippen molar-refractivity contribution in [1.82, 2.24) is 0 Å². The van der Waals surface area contributed by atoms with Crippen molar-refractivity contribution in [1.29, 1.82) is 0 Å². The minimum absolute atomic E-state index is 0.281. The molecule has 0 radical (unpaired) electrons. The minimum atomic E-state index is -0.918. The maximum Gasteiger partial charge on any atom is 0.393 e. The Morgan fingerprint density at radius 2 is 2.08 bits per heavy atom. The first-order chi connectivity index (χ1) is 6.24. The highest BCUT2D eigenvalue weighted by Crippen LogP contribution is 2.08. The molecule has 0 unspecified atom stereocenters. The maximum atomic E-state index is 10.5. The van der Waals surface area contributed by atoms with Crippen molar-refractivity contribution >= 4 is 19.3 Å². The zero-order valence-electron chi connectivity index (χ0n) is 7.28. The SMILES string of the molecule is COBNc1ccc(C(=O)O)cc1. The molecule has 2 N–H and O–H groups in total. The number of carbonyl (C=O) groups is 1. The summed E-state index contributed by atoms with van der Waals surface area (Å²) in [6.45, 7) is 0.